The van der Waals surface area contributed by atoms with Gasteiger partial charge in [-0.3, -0.25) is 9.78 Å². The van der Waals surface area contributed by atoms with Gasteiger partial charge in [-0.25, -0.2) is 4.79 Å². The molecule has 0 aliphatic carbocycles. The van der Waals surface area contributed by atoms with E-state index in [1.54, 1.807) is 33.2 Å². The van der Waals surface area contributed by atoms with Gasteiger partial charge in [-0.05, 0) is 51.5 Å². The number of carbonyl (C=O) groups excluding carboxylic acids is 2. The molecule has 1 aliphatic heterocycles. The number of nitrogens with zero attached hydrogens (tertiary/aromatic N) is 1. The molecular formula is C26H30ClN5O4. The molecule has 9 nitrogen and oxygen atoms in total. The standard InChI is InChI=1S/C26H30ClN5O4/c1-15-17(27)6-5-7-18(15)31-23-21-19(9-11-29-24(21)33)32-22(23)16-8-10-28-14-20(16)35-13-12-30-25(34)36-26(2,3)4/h5-8,10,14,31-32H,9,11-13H2,1-4H3,(H,29,33)(H,30,34). The Labute approximate surface area is 214 Å². The van der Waals surface area contributed by atoms with E-state index in [4.69, 9.17) is 21.1 Å². The normalized spacial score (nSPS) is 13.0. The minimum atomic E-state index is -0.578. The van der Waals surface area contributed by atoms with Crippen LogP contribution in [-0.2, 0) is 11.2 Å². The highest BCUT2D eigenvalue weighted by molar-refractivity contribution is 6.31. The lowest BCUT2D eigenvalue weighted by atomic mass is 10.0. The number of aromatic amines is 1. The van der Waals surface area contributed by atoms with E-state index < -0.39 is 11.7 Å². The van der Waals surface area contributed by atoms with E-state index in [1.807, 2.05) is 31.2 Å². The van der Waals surface area contributed by atoms with Gasteiger partial charge in [0.25, 0.3) is 5.91 Å². The van der Waals surface area contributed by atoms with Crippen molar-refractivity contribution < 1.29 is 19.1 Å². The molecular weight excluding hydrogens is 482 g/mol. The van der Waals surface area contributed by atoms with Crippen molar-refractivity contribution >= 4 is 35.0 Å². The smallest absolute Gasteiger partial charge is 0.407 e. The molecule has 36 heavy (non-hydrogen) atoms. The van der Waals surface area contributed by atoms with Crippen molar-refractivity contribution in [3.8, 4) is 17.0 Å². The molecule has 3 aromatic rings. The Kier molecular flexibility index (Phi) is 7.40. The zero-order valence-electron chi connectivity index (χ0n) is 20.8. The number of pyridine rings is 1. The van der Waals surface area contributed by atoms with Gasteiger partial charge < -0.3 is 30.4 Å². The van der Waals surface area contributed by atoms with Crippen molar-refractivity contribution in [1.29, 1.82) is 0 Å². The second-order valence-electron chi connectivity index (χ2n) is 9.42. The van der Waals surface area contributed by atoms with Gasteiger partial charge in [0.15, 0.2) is 0 Å². The molecule has 0 fully saturated rings. The predicted octanol–water partition coefficient (Wildman–Crippen LogP) is 4.97. The Bertz CT molecular complexity index is 1280. The lowest BCUT2D eigenvalue weighted by molar-refractivity contribution is 0.0520. The molecule has 2 amide bonds. The first-order valence-electron chi connectivity index (χ1n) is 11.7. The average molecular weight is 512 g/mol. The fraction of sp³-hybridized carbons (Fsp3) is 0.346. The maximum absolute atomic E-state index is 12.9. The summed E-state index contributed by atoms with van der Waals surface area (Å²) in [6, 6.07) is 7.41. The van der Waals surface area contributed by atoms with Crippen LogP contribution in [0.2, 0.25) is 5.02 Å². The van der Waals surface area contributed by atoms with Crippen molar-refractivity contribution in [2.75, 3.05) is 25.0 Å². The van der Waals surface area contributed by atoms with Crippen LogP contribution >= 0.6 is 11.6 Å². The lowest BCUT2D eigenvalue weighted by Gasteiger charge is -2.19. The first kappa shape index (κ1) is 25.4. The quantitative estimate of drug-likeness (QED) is 0.333. The Balaban J connectivity index is 1.62. The molecule has 1 aromatic carbocycles. The third-order valence-electron chi connectivity index (χ3n) is 5.57. The number of amides is 2. The number of carbonyl (C=O) groups is 2. The number of benzene rings is 1. The molecule has 0 bridgehead atoms. The molecule has 4 rings (SSSR count). The zero-order valence-corrected chi connectivity index (χ0v) is 21.5. The highest BCUT2D eigenvalue weighted by Crippen LogP contribution is 2.41. The summed E-state index contributed by atoms with van der Waals surface area (Å²) in [7, 11) is 0. The van der Waals surface area contributed by atoms with Crippen molar-refractivity contribution in [3.63, 3.8) is 0 Å². The van der Waals surface area contributed by atoms with Crippen LogP contribution in [0.5, 0.6) is 5.75 Å². The summed E-state index contributed by atoms with van der Waals surface area (Å²) in [6.45, 7) is 8.33. The van der Waals surface area contributed by atoms with Crippen LogP contribution < -0.4 is 20.7 Å². The lowest BCUT2D eigenvalue weighted by Crippen LogP contribution is -2.34. The van der Waals surface area contributed by atoms with Crippen LogP contribution in [0.15, 0.2) is 36.7 Å². The topological polar surface area (TPSA) is 117 Å². The highest BCUT2D eigenvalue weighted by Gasteiger charge is 2.28. The van der Waals surface area contributed by atoms with E-state index >= 15 is 0 Å². The van der Waals surface area contributed by atoms with Crippen molar-refractivity contribution in [3.05, 3.63) is 58.5 Å². The number of hydrogen-bond donors (Lipinski definition) is 4. The molecule has 4 N–H and O–H groups in total. The molecule has 0 spiro atoms. The fourth-order valence-electron chi connectivity index (χ4n) is 3.91. The number of halogens is 1. The Hall–Kier alpha value is -3.72. The number of alkyl carbamates (subject to hydrolysis) is 1. The minimum Gasteiger partial charge on any atom is -0.489 e. The summed E-state index contributed by atoms with van der Waals surface area (Å²) in [5, 5.41) is 9.64. The number of ether oxygens (including phenoxy) is 2. The van der Waals surface area contributed by atoms with Crippen LogP contribution in [0.3, 0.4) is 0 Å². The molecule has 10 heteroatoms. The molecule has 1 aliphatic rings. The van der Waals surface area contributed by atoms with E-state index in [1.165, 1.54) is 0 Å². The van der Waals surface area contributed by atoms with Crippen LogP contribution in [-0.4, -0.2) is 47.3 Å². The molecule has 0 saturated heterocycles. The molecule has 190 valence electrons. The largest absolute Gasteiger partial charge is 0.489 e. The van der Waals surface area contributed by atoms with Gasteiger partial charge in [-0.15, -0.1) is 0 Å². The first-order valence-corrected chi connectivity index (χ1v) is 12.1. The van der Waals surface area contributed by atoms with E-state index in [9.17, 15) is 9.59 Å². The second kappa shape index (κ2) is 10.5. The number of H-pyrrole nitrogens is 1. The summed E-state index contributed by atoms with van der Waals surface area (Å²) >= 11 is 6.34. The summed E-state index contributed by atoms with van der Waals surface area (Å²) in [5.41, 5.74) is 4.55. The molecule has 3 heterocycles. The van der Waals surface area contributed by atoms with Crippen LogP contribution in [0.1, 0.15) is 42.4 Å². The zero-order chi connectivity index (χ0) is 25.9. The van der Waals surface area contributed by atoms with Gasteiger partial charge in [0.05, 0.1) is 29.7 Å². The maximum atomic E-state index is 12.9. The van der Waals surface area contributed by atoms with Crippen molar-refractivity contribution in [1.82, 2.24) is 20.6 Å². The average Bonchev–Trinajstić information content (AvgIpc) is 3.18. The fourth-order valence-corrected chi connectivity index (χ4v) is 4.09. The van der Waals surface area contributed by atoms with Gasteiger partial charge in [0.1, 0.15) is 18.0 Å². The van der Waals surface area contributed by atoms with Crippen LogP contribution in [0.25, 0.3) is 11.3 Å². The molecule has 0 radical (unpaired) electrons. The third kappa shape index (κ3) is 5.73. The Morgan fingerprint density at radius 1 is 1.25 bits per heavy atom. The van der Waals surface area contributed by atoms with Gasteiger partial charge >= 0.3 is 6.09 Å². The number of nitrogens with one attached hydrogen (secondary N) is 4. The van der Waals surface area contributed by atoms with Crippen molar-refractivity contribution in [2.45, 2.75) is 39.7 Å². The summed E-state index contributed by atoms with van der Waals surface area (Å²) in [5.74, 6) is 0.354. The Morgan fingerprint density at radius 2 is 2.06 bits per heavy atom. The summed E-state index contributed by atoms with van der Waals surface area (Å²) in [6.07, 6.45) is 3.43. The Morgan fingerprint density at radius 3 is 2.83 bits per heavy atom. The number of hydrogen-bond acceptors (Lipinski definition) is 6. The number of aromatic nitrogens is 2. The molecule has 2 aromatic heterocycles. The number of rotatable bonds is 7. The van der Waals surface area contributed by atoms with E-state index in [0.29, 0.717) is 40.7 Å². The SMILES string of the molecule is Cc1c(Cl)cccc1Nc1c(-c2ccncc2OCCNC(=O)OC(C)(C)C)[nH]c2c1C(=O)NCC2. The third-order valence-corrected chi connectivity index (χ3v) is 5.98. The summed E-state index contributed by atoms with van der Waals surface area (Å²) in [4.78, 5) is 32.4. The number of fused-ring (bicyclic) bond motifs is 1. The van der Waals surface area contributed by atoms with Crippen LogP contribution in [0, 0.1) is 6.92 Å². The van der Waals surface area contributed by atoms with E-state index in [-0.39, 0.29) is 19.1 Å². The van der Waals surface area contributed by atoms with E-state index in [2.05, 4.69) is 25.9 Å². The predicted molar refractivity (Wildman–Crippen MR) is 139 cm³/mol. The minimum absolute atomic E-state index is 0.154. The van der Waals surface area contributed by atoms with Gasteiger partial charge in [0, 0.05) is 41.1 Å². The van der Waals surface area contributed by atoms with Gasteiger partial charge in [-0.2, -0.15) is 0 Å². The number of anilines is 2. The molecule has 0 unspecified atom stereocenters. The maximum Gasteiger partial charge on any atom is 0.407 e. The molecule has 0 atom stereocenters. The van der Waals surface area contributed by atoms with Gasteiger partial charge in [-0.1, -0.05) is 17.7 Å². The van der Waals surface area contributed by atoms with Crippen LogP contribution in [0.4, 0.5) is 16.2 Å². The highest BCUT2D eigenvalue weighted by atomic mass is 35.5. The van der Waals surface area contributed by atoms with Gasteiger partial charge in [0.2, 0.25) is 0 Å². The second-order valence-corrected chi connectivity index (χ2v) is 9.83. The van der Waals surface area contributed by atoms with E-state index in [0.717, 1.165) is 22.5 Å². The monoisotopic (exact) mass is 511 g/mol. The summed E-state index contributed by atoms with van der Waals surface area (Å²) < 4.78 is 11.2. The molecule has 0 saturated carbocycles. The van der Waals surface area contributed by atoms with Crippen molar-refractivity contribution in [2.24, 2.45) is 0 Å². The first-order chi connectivity index (χ1) is 17.1.